The minimum atomic E-state index is -0.410. The van der Waals surface area contributed by atoms with Gasteiger partial charge in [-0.05, 0) is 42.0 Å². The molecular weight excluding hydrogens is 360 g/mol. The average molecular weight is 372 g/mol. The highest BCUT2D eigenvalue weighted by molar-refractivity contribution is 7.21. The number of nitrogens with one attached hydrogen (secondary N) is 1. The molecule has 2 aromatic heterocycles. The summed E-state index contributed by atoms with van der Waals surface area (Å²) >= 11 is 1.50. The zero-order valence-electron chi connectivity index (χ0n) is 13.9. The molecule has 2 heterocycles. The highest BCUT2D eigenvalue weighted by Crippen LogP contribution is 2.36. The van der Waals surface area contributed by atoms with E-state index in [9.17, 15) is 10.1 Å². The van der Waals surface area contributed by atoms with Crippen LogP contribution in [0, 0.1) is 22.5 Å². The second-order valence-electron chi connectivity index (χ2n) is 5.71. The first-order chi connectivity index (χ1) is 13.1. The van der Waals surface area contributed by atoms with Crippen molar-refractivity contribution in [2.45, 2.75) is 0 Å². The number of nitrogens with zero attached hydrogens (tertiary/aromatic N) is 3. The molecule has 0 fully saturated rings. The van der Waals surface area contributed by atoms with Gasteiger partial charge in [0, 0.05) is 28.3 Å². The number of nitro benzene ring substituents is 1. The number of terminal acetylenes is 1. The highest BCUT2D eigenvalue weighted by atomic mass is 32.1. The first-order valence-electron chi connectivity index (χ1n) is 7.97. The summed E-state index contributed by atoms with van der Waals surface area (Å²) in [5.74, 6) is 3.29. The minimum Gasteiger partial charge on any atom is -0.340 e. The molecule has 7 heteroatoms. The molecule has 27 heavy (non-hydrogen) atoms. The van der Waals surface area contributed by atoms with E-state index in [0.29, 0.717) is 5.82 Å². The number of hydrogen-bond acceptors (Lipinski definition) is 6. The van der Waals surface area contributed by atoms with Crippen molar-refractivity contribution >= 4 is 38.7 Å². The Morgan fingerprint density at radius 2 is 1.93 bits per heavy atom. The van der Waals surface area contributed by atoms with Crippen LogP contribution in [0.1, 0.15) is 5.56 Å². The fraction of sp³-hybridized carbons (Fsp3) is 0. The number of anilines is 2. The summed E-state index contributed by atoms with van der Waals surface area (Å²) in [5, 5.41) is 15.0. The van der Waals surface area contributed by atoms with E-state index in [4.69, 9.17) is 6.42 Å². The van der Waals surface area contributed by atoms with Crippen LogP contribution < -0.4 is 5.32 Å². The topological polar surface area (TPSA) is 81.0 Å². The Balaban J connectivity index is 1.71. The van der Waals surface area contributed by atoms with Crippen LogP contribution in [0.25, 0.3) is 20.7 Å². The molecule has 0 aliphatic heterocycles. The van der Waals surface area contributed by atoms with Crippen LogP contribution in [-0.2, 0) is 0 Å². The lowest BCUT2D eigenvalue weighted by molar-refractivity contribution is -0.384. The lowest BCUT2D eigenvalue weighted by Crippen LogP contribution is -1.94. The molecule has 2 aromatic carbocycles. The Kier molecular flexibility index (Phi) is 4.24. The summed E-state index contributed by atoms with van der Waals surface area (Å²) in [6.45, 7) is 0. The van der Waals surface area contributed by atoms with Gasteiger partial charge in [-0.15, -0.1) is 17.8 Å². The van der Waals surface area contributed by atoms with Crippen LogP contribution in [-0.4, -0.2) is 14.9 Å². The number of rotatable bonds is 4. The van der Waals surface area contributed by atoms with Gasteiger partial charge in [0.2, 0.25) is 0 Å². The first kappa shape index (κ1) is 16.7. The van der Waals surface area contributed by atoms with Crippen molar-refractivity contribution in [2.24, 2.45) is 0 Å². The Bertz CT molecular complexity index is 1190. The van der Waals surface area contributed by atoms with E-state index in [1.807, 2.05) is 30.3 Å². The molecule has 0 amide bonds. The molecule has 0 aliphatic rings. The van der Waals surface area contributed by atoms with Gasteiger partial charge < -0.3 is 5.32 Å². The monoisotopic (exact) mass is 372 g/mol. The highest BCUT2D eigenvalue weighted by Gasteiger charge is 2.12. The van der Waals surface area contributed by atoms with Gasteiger partial charge in [0.1, 0.15) is 17.0 Å². The van der Waals surface area contributed by atoms with Gasteiger partial charge in [-0.3, -0.25) is 10.1 Å². The maximum absolute atomic E-state index is 10.8. The molecule has 6 nitrogen and oxygen atoms in total. The predicted octanol–water partition coefficient (Wildman–Crippen LogP) is 4.99. The zero-order chi connectivity index (χ0) is 18.8. The second kappa shape index (κ2) is 6.86. The number of fused-ring (bicyclic) bond motifs is 1. The summed E-state index contributed by atoms with van der Waals surface area (Å²) in [7, 11) is 0. The van der Waals surface area contributed by atoms with Gasteiger partial charge in [-0.1, -0.05) is 12.0 Å². The first-order valence-corrected chi connectivity index (χ1v) is 8.79. The summed E-state index contributed by atoms with van der Waals surface area (Å²) in [5.41, 5.74) is 2.58. The third-order valence-corrected chi connectivity index (χ3v) is 5.08. The van der Waals surface area contributed by atoms with Crippen LogP contribution in [0.15, 0.2) is 60.9 Å². The van der Waals surface area contributed by atoms with Gasteiger partial charge in [0.15, 0.2) is 0 Å². The number of nitro groups is 1. The van der Waals surface area contributed by atoms with Crippen molar-refractivity contribution in [3.63, 3.8) is 0 Å². The molecule has 0 radical (unpaired) electrons. The minimum absolute atomic E-state index is 0.0652. The van der Waals surface area contributed by atoms with Crippen LogP contribution in [0.4, 0.5) is 17.2 Å². The number of benzene rings is 2. The standard InChI is InChI=1S/C20H12N4O2S/c1-2-13-4-3-5-15(10-13)23-19-17-11-18(27-20(17)22-12-21-19)14-6-8-16(9-7-14)24(25)26/h1,3-12H,(H,21,22,23). The number of non-ortho nitro benzene ring substituents is 1. The Hall–Kier alpha value is -3.76. The van der Waals surface area contributed by atoms with Crippen LogP contribution in [0.2, 0.25) is 0 Å². The fourth-order valence-electron chi connectivity index (χ4n) is 2.67. The second-order valence-corrected chi connectivity index (χ2v) is 6.74. The Morgan fingerprint density at radius 3 is 2.67 bits per heavy atom. The molecule has 0 saturated carbocycles. The SMILES string of the molecule is C#Cc1cccc(Nc2ncnc3sc(-c4ccc([N+](=O)[O-])cc4)cc23)c1. The van der Waals surface area contributed by atoms with Crippen molar-refractivity contribution in [1.29, 1.82) is 0 Å². The lowest BCUT2D eigenvalue weighted by Gasteiger charge is -2.06. The van der Waals surface area contributed by atoms with E-state index < -0.39 is 4.92 Å². The van der Waals surface area contributed by atoms with E-state index in [1.165, 1.54) is 29.8 Å². The molecule has 0 atom stereocenters. The zero-order valence-corrected chi connectivity index (χ0v) is 14.7. The Labute approximate surface area is 158 Å². The van der Waals surface area contributed by atoms with Crippen molar-refractivity contribution < 1.29 is 4.92 Å². The largest absolute Gasteiger partial charge is 0.340 e. The van der Waals surface area contributed by atoms with E-state index >= 15 is 0 Å². The van der Waals surface area contributed by atoms with Gasteiger partial charge >= 0.3 is 0 Å². The smallest absolute Gasteiger partial charge is 0.269 e. The third-order valence-electron chi connectivity index (χ3n) is 3.98. The molecular formula is C20H12N4O2S. The van der Waals surface area contributed by atoms with Crippen LogP contribution >= 0.6 is 11.3 Å². The summed E-state index contributed by atoms with van der Waals surface area (Å²) < 4.78 is 0. The molecule has 0 saturated heterocycles. The summed E-state index contributed by atoms with van der Waals surface area (Å²) in [6, 6.07) is 16.0. The fourth-order valence-corrected chi connectivity index (χ4v) is 3.67. The Morgan fingerprint density at radius 1 is 1.11 bits per heavy atom. The van der Waals surface area contributed by atoms with Gasteiger partial charge in [-0.2, -0.15) is 0 Å². The molecule has 4 rings (SSSR count). The molecule has 0 unspecified atom stereocenters. The molecule has 0 bridgehead atoms. The van der Waals surface area contributed by atoms with Crippen molar-refractivity contribution in [2.75, 3.05) is 5.32 Å². The van der Waals surface area contributed by atoms with E-state index in [1.54, 1.807) is 12.1 Å². The quantitative estimate of drug-likeness (QED) is 0.310. The van der Waals surface area contributed by atoms with E-state index in [0.717, 1.165) is 31.9 Å². The normalized spacial score (nSPS) is 10.5. The van der Waals surface area contributed by atoms with Crippen LogP contribution in [0.3, 0.4) is 0 Å². The molecule has 130 valence electrons. The maximum Gasteiger partial charge on any atom is 0.269 e. The summed E-state index contributed by atoms with van der Waals surface area (Å²) in [6.07, 6.45) is 6.96. The predicted molar refractivity (Wildman–Crippen MR) is 107 cm³/mol. The van der Waals surface area contributed by atoms with Gasteiger partial charge in [-0.25, -0.2) is 9.97 Å². The third kappa shape index (κ3) is 3.34. The molecule has 0 aliphatic carbocycles. The van der Waals surface area contributed by atoms with Crippen molar-refractivity contribution in [1.82, 2.24) is 9.97 Å². The van der Waals surface area contributed by atoms with Gasteiger partial charge in [0.05, 0.1) is 10.3 Å². The molecule has 1 N–H and O–H groups in total. The molecule has 0 spiro atoms. The van der Waals surface area contributed by atoms with Crippen molar-refractivity contribution in [3.05, 3.63) is 76.6 Å². The number of aromatic nitrogens is 2. The lowest BCUT2D eigenvalue weighted by atomic mass is 10.1. The average Bonchev–Trinajstić information content (AvgIpc) is 3.13. The number of hydrogen-bond donors (Lipinski definition) is 1. The molecule has 4 aromatic rings. The number of thiophene rings is 1. The van der Waals surface area contributed by atoms with Gasteiger partial charge in [0.25, 0.3) is 5.69 Å². The summed E-state index contributed by atoms with van der Waals surface area (Å²) in [4.78, 5) is 20.9. The van der Waals surface area contributed by atoms with Crippen molar-refractivity contribution in [3.8, 4) is 22.8 Å². The van der Waals surface area contributed by atoms with E-state index in [2.05, 4.69) is 21.2 Å². The van der Waals surface area contributed by atoms with E-state index in [-0.39, 0.29) is 5.69 Å². The maximum atomic E-state index is 10.8. The van der Waals surface area contributed by atoms with Crippen LogP contribution in [0.5, 0.6) is 0 Å².